The molecule has 0 aliphatic rings. The van der Waals surface area contributed by atoms with Gasteiger partial charge in [0.15, 0.2) is 11.5 Å². The van der Waals surface area contributed by atoms with Crippen LogP contribution in [0.4, 0.5) is 5.82 Å². The van der Waals surface area contributed by atoms with Crippen molar-refractivity contribution in [3.05, 3.63) is 39.5 Å². The molecule has 3 heterocycles. The number of thioether (sulfide) groups is 1. The van der Waals surface area contributed by atoms with Crippen molar-refractivity contribution >= 4 is 40.3 Å². The zero-order valence-corrected chi connectivity index (χ0v) is 17.1. The van der Waals surface area contributed by atoms with E-state index in [1.807, 2.05) is 20.1 Å². The molecular weight excluding hydrogens is 386 g/mol. The van der Waals surface area contributed by atoms with Crippen molar-refractivity contribution in [2.75, 3.05) is 11.6 Å². The highest BCUT2D eigenvalue weighted by Crippen LogP contribution is 2.20. The van der Waals surface area contributed by atoms with E-state index in [0.717, 1.165) is 11.3 Å². The summed E-state index contributed by atoms with van der Waals surface area (Å²) in [5, 5.41) is 3.15. The summed E-state index contributed by atoms with van der Waals surface area (Å²) in [6, 6.07) is -0.0639. The number of nitrogens with one attached hydrogen (secondary N) is 1. The molecule has 0 aliphatic heterocycles. The van der Waals surface area contributed by atoms with E-state index in [9.17, 15) is 4.79 Å². The lowest BCUT2D eigenvalue weighted by atomic mass is 10.2. The van der Waals surface area contributed by atoms with Gasteiger partial charge >= 0.3 is 0 Å². The molecule has 1 atom stereocenters. The standard InChI is InChI=1S/C17H20ClN7OS/c1-5-9(2)25-15-13(10(3)22-17(18)24-15)23-14(16(25)26)21-8-12-19-6-11(27-4)7-20-12/h6-7,9H,5,8H2,1-4H3,(H,21,23)/t9-/m1/s1. The fourth-order valence-electron chi connectivity index (χ4n) is 2.60. The van der Waals surface area contributed by atoms with Crippen molar-refractivity contribution in [2.45, 2.75) is 44.7 Å². The first-order chi connectivity index (χ1) is 12.9. The van der Waals surface area contributed by atoms with Crippen LogP contribution in [-0.2, 0) is 6.54 Å². The lowest BCUT2D eigenvalue weighted by molar-refractivity contribution is 0.526. The fraction of sp³-hybridized carbons (Fsp3) is 0.412. The summed E-state index contributed by atoms with van der Waals surface area (Å²) >= 11 is 7.57. The first-order valence-corrected chi connectivity index (χ1v) is 10.1. The predicted octanol–water partition coefficient (Wildman–Crippen LogP) is 3.24. The first kappa shape index (κ1) is 19.5. The second-order valence-electron chi connectivity index (χ2n) is 6.04. The van der Waals surface area contributed by atoms with Gasteiger partial charge in [-0.1, -0.05) is 6.92 Å². The summed E-state index contributed by atoms with van der Waals surface area (Å²) in [5.74, 6) is 0.794. The summed E-state index contributed by atoms with van der Waals surface area (Å²) in [7, 11) is 0. The van der Waals surface area contributed by atoms with Gasteiger partial charge in [-0.3, -0.25) is 9.36 Å². The average molecular weight is 406 g/mol. The van der Waals surface area contributed by atoms with E-state index in [-0.39, 0.29) is 29.2 Å². The Labute approximate surface area is 165 Å². The molecule has 142 valence electrons. The molecular formula is C17H20ClN7OS. The minimum Gasteiger partial charge on any atom is -0.358 e. The van der Waals surface area contributed by atoms with Crippen LogP contribution in [-0.4, -0.2) is 35.7 Å². The molecule has 0 spiro atoms. The van der Waals surface area contributed by atoms with Gasteiger partial charge in [0, 0.05) is 23.3 Å². The lowest BCUT2D eigenvalue weighted by Gasteiger charge is -2.17. The number of fused-ring (bicyclic) bond motifs is 1. The topological polar surface area (TPSA) is 98.5 Å². The van der Waals surface area contributed by atoms with Gasteiger partial charge in [0.2, 0.25) is 5.28 Å². The Morgan fingerprint density at radius 2 is 1.96 bits per heavy atom. The highest BCUT2D eigenvalue weighted by Gasteiger charge is 2.18. The number of aryl methyl sites for hydroxylation is 1. The zero-order valence-electron chi connectivity index (χ0n) is 15.5. The Bertz CT molecular complexity index is 1020. The number of hydrogen-bond donors (Lipinski definition) is 1. The summed E-state index contributed by atoms with van der Waals surface area (Å²) in [6.07, 6.45) is 6.22. The van der Waals surface area contributed by atoms with Crippen LogP contribution in [0.3, 0.4) is 0 Å². The van der Waals surface area contributed by atoms with Gasteiger partial charge in [0.25, 0.3) is 5.56 Å². The third-order valence-electron chi connectivity index (χ3n) is 4.25. The second kappa shape index (κ2) is 8.18. The molecule has 3 rings (SSSR count). The van der Waals surface area contributed by atoms with E-state index in [1.165, 1.54) is 0 Å². The molecule has 0 radical (unpaired) electrons. The van der Waals surface area contributed by atoms with Gasteiger partial charge in [-0.25, -0.2) is 19.9 Å². The monoisotopic (exact) mass is 405 g/mol. The Morgan fingerprint density at radius 1 is 1.26 bits per heavy atom. The first-order valence-electron chi connectivity index (χ1n) is 8.49. The van der Waals surface area contributed by atoms with Gasteiger partial charge in [-0.15, -0.1) is 11.8 Å². The number of halogens is 1. The molecule has 27 heavy (non-hydrogen) atoms. The van der Waals surface area contributed by atoms with E-state index in [0.29, 0.717) is 22.7 Å². The summed E-state index contributed by atoms with van der Waals surface area (Å²) in [6.45, 7) is 6.05. The Kier molecular flexibility index (Phi) is 5.91. The molecule has 0 amide bonds. The highest BCUT2D eigenvalue weighted by molar-refractivity contribution is 7.98. The molecule has 3 aromatic heterocycles. The number of rotatable bonds is 6. The van der Waals surface area contributed by atoms with Crippen LogP contribution in [0.25, 0.3) is 11.2 Å². The Balaban J connectivity index is 2.04. The van der Waals surface area contributed by atoms with Crippen LogP contribution >= 0.6 is 23.4 Å². The van der Waals surface area contributed by atoms with Gasteiger partial charge in [0.1, 0.15) is 11.3 Å². The molecule has 0 unspecified atom stereocenters. The van der Waals surface area contributed by atoms with Crippen LogP contribution in [0.15, 0.2) is 22.1 Å². The predicted molar refractivity (Wildman–Crippen MR) is 107 cm³/mol. The SMILES string of the molecule is CC[C@@H](C)n1c(=O)c(NCc2ncc(SC)cn2)nc2c(C)nc(Cl)nc21. The van der Waals surface area contributed by atoms with Gasteiger partial charge in [0.05, 0.1) is 12.2 Å². The van der Waals surface area contributed by atoms with Crippen LogP contribution in [0, 0.1) is 6.92 Å². The smallest absolute Gasteiger partial charge is 0.295 e. The molecule has 0 aliphatic carbocycles. The van der Waals surface area contributed by atoms with Crippen molar-refractivity contribution in [1.29, 1.82) is 0 Å². The highest BCUT2D eigenvalue weighted by atomic mass is 35.5. The van der Waals surface area contributed by atoms with Crippen molar-refractivity contribution in [3.63, 3.8) is 0 Å². The van der Waals surface area contributed by atoms with Crippen molar-refractivity contribution in [3.8, 4) is 0 Å². The molecule has 8 nitrogen and oxygen atoms in total. The fourth-order valence-corrected chi connectivity index (χ4v) is 3.12. The molecule has 0 saturated carbocycles. The minimum absolute atomic E-state index is 0.0639. The molecule has 0 saturated heterocycles. The van der Waals surface area contributed by atoms with Gasteiger partial charge < -0.3 is 5.32 Å². The van der Waals surface area contributed by atoms with Crippen LogP contribution in [0.2, 0.25) is 5.28 Å². The van der Waals surface area contributed by atoms with Gasteiger partial charge in [-0.2, -0.15) is 4.98 Å². The quantitative estimate of drug-likeness (QED) is 0.493. The third kappa shape index (κ3) is 4.03. The summed E-state index contributed by atoms with van der Waals surface area (Å²) in [5.41, 5.74) is 1.34. The van der Waals surface area contributed by atoms with Crippen molar-refractivity contribution in [1.82, 2.24) is 29.5 Å². The van der Waals surface area contributed by atoms with E-state index in [4.69, 9.17) is 11.6 Å². The maximum Gasteiger partial charge on any atom is 0.295 e. The normalized spacial score (nSPS) is 12.3. The Morgan fingerprint density at radius 3 is 2.59 bits per heavy atom. The maximum absolute atomic E-state index is 13.0. The van der Waals surface area contributed by atoms with Gasteiger partial charge in [-0.05, 0) is 38.1 Å². The van der Waals surface area contributed by atoms with E-state index in [1.54, 1.807) is 35.6 Å². The number of anilines is 1. The average Bonchev–Trinajstić information content (AvgIpc) is 2.66. The zero-order chi connectivity index (χ0) is 19.6. The summed E-state index contributed by atoms with van der Waals surface area (Å²) < 4.78 is 1.61. The van der Waals surface area contributed by atoms with Crippen LogP contribution in [0.1, 0.15) is 37.8 Å². The van der Waals surface area contributed by atoms with E-state index in [2.05, 4.69) is 30.2 Å². The lowest BCUT2D eigenvalue weighted by Crippen LogP contribution is -2.28. The molecule has 0 bridgehead atoms. The third-order valence-corrected chi connectivity index (χ3v) is 5.10. The molecule has 3 aromatic rings. The molecule has 1 N–H and O–H groups in total. The molecule has 10 heteroatoms. The maximum atomic E-state index is 13.0. The minimum atomic E-state index is -0.258. The largest absolute Gasteiger partial charge is 0.358 e. The van der Waals surface area contributed by atoms with Crippen molar-refractivity contribution in [2.24, 2.45) is 0 Å². The van der Waals surface area contributed by atoms with E-state index >= 15 is 0 Å². The van der Waals surface area contributed by atoms with Crippen LogP contribution < -0.4 is 10.9 Å². The number of aromatic nitrogens is 6. The molecule has 0 fully saturated rings. The summed E-state index contributed by atoms with van der Waals surface area (Å²) in [4.78, 5) is 35.4. The Hall–Kier alpha value is -2.26. The molecule has 0 aromatic carbocycles. The van der Waals surface area contributed by atoms with E-state index < -0.39 is 0 Å². The number of hydrogen-bond acceptors (Lipinski definition) is 8. The van der Waals surface area contributed by atoms with Crippen LogP contribution in [0.5, 0.6) is 0 Å². The second-order valence-corrected chi connectivity index (χ2v) is 7.25. The van der Waals surface area contributed by atoms with Crippen molar-refractivity contribution < 1.29 is 0 Å². The number of nitrogens with zero attached hydrogens (tertiary/aromatic N) is 6.